The summed E-state index contributed by atoms with van der Waals surface area (Å²) in [7, 11) is 1.62. The number of anilines is 1. The minimum atomic E-state index is -0.172. The molecule has 0 saturated carbocycles. The molecule has 6 heteroatoms. The van der Waals surface area contributed by atoms with E-state index in [1.807, 2.05) is 63.2 Å². The van der Waals surface area contributed by atoms with Crippen LogP contribution in [0.3, 0.4) is 0 Å². The van der Waals surface area contributed by atoms with E-state index < -0.39 is 0 Å². The van der Waals surface area contributed by atoms with Crippen LogP contribution >= 0.6 is 11.8 Å². The predicted molar refractivity (Wildman–Crippen MR) is 111 cm³/mol. The van der Waals surface area contributed by atoms with Crippen LogP contribution in [0, 0.1) is 13.8 Å². The highest BCUT2D eigenvalue weighted by Crippen LogP contribution is 2.26. The first kappa shape index (κ1) is 20.8. The molecule has 144 valence electrons. The molecule has 1 atom stereocenters. The molecule has 2 rings (SSSR count). The summed E-state index contributed by atoms with van der Waals surface area (Å²) < 4.78 is 5.37. The van der Waals surface area contributed by atoms with Gasteiger partial charge in [0.1, 0.15) is 5.75 Å². The maximum atomic E-state index is 12.2. The molecule has 0 fully saturated rings. The Balaban J connectivity index is 1.78. The van der Waals surface area contributed by atoms with Crippen molar-refractivity contribution in [1.82, 2.24) is 5.32 Å². The highest BCUT2D eigenvalue weighted by atomic mass is 32.2. The van der Waals surface area contributed by atoms with Crippen LogP contribution in [0.2, 0.25) is 0 Å². The van der Waals surface area contributed by atoms with Crippen molar-refractivity contribution in [1.29, 1.82) is 0 Å². The van der Waals surface area contributed by atoms with Crippen molar-refractivity contribution in [3.05, 3.63) is 59.2 Å². The summed E-state index contributed by atoms with van der Waals surface area (Å²) >= 11 is 1.29. The van der Waals surface area contributed by atoms with Gasteiger partial charge >= 0.3 is 0 Å². The summed E-state index contributed by atoms with van der Waals surface area (Å²) in [4.78, 5) is 24.1. The molecule has 2 aromatic carbocycles. The minimum absolute atomic E-state index is 0.112. The van der Waals surface area contributed by atoms with Gasteiger partial charge in [0.25, 0.3) is 0 Å². The normalized spacial score (nSPS) is 11.6. The van der Waals surface area contributed by atoms with Crippen LogP contribution in [0.1, 0.15) is 29.7 Å². The van der Waals surface area contributed by atoms with E-state index >= 15 is 0 Å². The van der Waals surface area contributed by atoms with Crippen molar-refractivity contribution in [2.75, 3.05) is 23.9 Å². The maximum Gasteiger partial charge on any atom is 0.234 e. The van der Waals surface area contributed by atoms with Crippen LogP contribution in [0.5, 0.6) is 5.75 Å². The molecule has 0 aliphatic rings. The lowest BCUT2D eigenvalue weighted by Gasteiger charge is -2.18. The lowest BCUT2D eigenvalue weighted by molar-refractivity contribution is -0.119. The number of carbonyl (C=O) groups excluding carboxylic acids is 2. The second-order valence-electron chi connectivity index (χ2n) is 6.44. The number of thioether (sulfide) groups is 1. The quantitative estimate of drug-likeness (QED) is 0.723. The number of methoxy groups -OCH3 is 1. The molecule has 0 aliphatic heterocycles. The molecular weight excluding hydrogens is 360 g/mol. The smallest absolute Gasteiger partial charge is 0.234 e. The number of benzene rings is 2. The third kappa shape index (κ3) is 6.64. The van der Waals surface area contributed by atoms with Crippen LogP contribution in [-0.4, -0.2) is 30.4 Å². The van der Waals surface area contributed by atoms with E-state index in [-0.39, 0.29) is 29.4 Å². The largest absolute Gasteiger partial charge is 0.496 e. The van der Waals surface area contributed by atoms with Gasteiger partial charge in [-0.2, -0.15) is 0 Å². The third-order valence-electron chi connectivity index (χ3n) is 4.03. The van der Waals surface area contributed by atoms with Crippen molar-refractivity contribution in [3.63, 3.8) is 0 Å². The van der Waals surface area contributed by atoms with Crippen LogP contribution in [0.15, 0.2) is 42.5 Å². The molecule has 27 heavy (non-hydrogen) atoms. The van der Waals surface area contributed by atoms with Crippen LogP contribution in [0.25, 0.3) is 0 Å². The molecule has 1 unspecified atom stereocenters. The number of nitrogens with one attached hydrogen (secondary N) is 2. The average Bonchev–Trinajstić information content (AvgIpc) is 2.63. The lowest BCUT2D eigenvalue weighted by atomic mass is 10.0. The number of hydrogen-bond acceptors (Lipinski definition) is 4. The number of amides is 2. The summed E-state index contributed by atoms with van der Waals surface area (Å²) in [5.74, 6) is 0.964. The van der Waals surface area contributed by atoms with Crippen LogP contribution in [-0.2, 0) is 9.59 Å². The van der Waals surface area contributed by atoms with Crippen LogP contribution in [0.4, 0.5) is 5.69 Å². The Morgan fingerprint density at radius 2 is 1.63 bits per heavy atom. The van der Waals surface area contributed by atoms with Gasteiger partial charge in [-0.25, -0.2) is 0 Å². The molecule has 0 aromatic heterocycles. The fourth-order valence-corrected chi connectivity index (χ4v) is 3.25. The van der Waals surface area contributed by atoms with Gasteiger partial charge in [-0.05, 0) is 39.0 Å². The first-order chi connectivity index (χ1) is 12.9. The molecule has 0 bridgehead atoms. The molecule has 2 aromatic rings. The highest BCUT2D eigenvalue weighted by Gasteiger charge is 2.15. The Morgan fingerprint density at radius 1 is 1.00 bits per heavy atom. The fraction of sp³-hybridized carbons (Fsp3) is 0.333. The molecule has 0 heterocycles. The zero-order chi connectivity index (χ0) is 19.8. The van der Waals surface area contributed by atoms with E-state index in [0.717, 1.165) is 28.1 Å². The van der Waals surface area contributed by atoms with Crippen molar-refractivity contribution >= 4 is 29.3 Å². The minimum Gasteiger partial charge on any atom is -0.496 e. The van der Waals surface area contributed by atoms with E-state index in [2.05, 4.69) is 10.6 Å². The van der Waals surface area contributed by atoms with Gasteiger partial charge in [0.2, 0.25) is 11.8 Å². The van der Waals surface area contributed by atoms with Crippen LogP contribution < -0.4 is 15.4 Å². The number of hydrogen-bond donors (Lipinski definition) is 2. The zero-order valence-corrected chi connectivity index (χ0v) is 17.0. The van der Waals surface area contributed by atoms with Gasteiger partial charge in [-0.1, -0.05) is 35.4 Å². The Kier molecular flexibility index (Phi) is 7.73. The van der Waals surface area contributed by atoms with Crippen molar-refractivity contribution in [2.24, 2.45) is 0 Å². The molecule has 0 radical (unpaired) electrons. The van der Waals surface area contributed by atoms with E-state index in [0.29, 0.717) is 0 Å². The van der Waals surface area contributed by atoms with Gasteiger partial charge in [0.15, 0.2) is 0 Å². The third-order valence-corrected chi connectivity index (χ3v) is 4.96. The maximum absolute atomic E-state index is 12.2. The summed E-state index contributed by atoms with van der Waals surface area (Å²) in [5, 5.41) is 5.78. The fourth-order valence-electron chi connectivity index (χ4n) is 2.62. The topological polar surface area (TPSA) is 67.4 Å². The zero-order valence-electron chi connectivity index (χ0n) is 16.2. The van der Waals surface area contributed by atoms with E-state index in [9.17, 15) is 9.59 Å². The van der Waals surface area contributed by atoms with Gasteiger partial charge in [0, 0.05) is 11.3 Å². The van der Waals surface area contributed by atoms with E-state index in [4.69, 9.17) is 4.74 Å². The second-order valence-corrected chi connectivity index (χ2v) is 7.43. The standard InChI is InChI=1S/C21H26N2O3S/c1-14-5-8-17(9-6-14)23-21(25)13-27-12-20(24)22-16(3)18-11-15(2)7-10-19(18)26-4/h5-11,16H,12-13H2,1-4H3,(H,22,24)(H,23,25). The van der Waals surface area contributed by atoms with Gasteiger partial charge < -0.3 is 15.4 Å². The Morgan fingerprint density at radius 3 is 2.30 bits per heavy atom. The Bertz CT molecular complexity index is 791. The molecule has 2 amide bonds. The van der Waals surface area contributed by atoms with Gasteiger partial charge in [0.05, 0.1) is 24.7 Å². The van der Waals surface area contributed by atoms with E-state index in [1.165, 1.54) is 11.8 Å². The molecule has 2 N–H and O–H groups in total. The van der Waals surface area contributed by atoms with E-state index in [1.54, 1.807) is 7.11 Å². The summed E-state index contributed by atoms with van der Waals surface area (Å²) in [6, 6.07) is 13.3. The molecule has 5 nitrogen and oxygen atoms in total. The number of aryl methyl sites for hydroxylation is 2. The van der Waals surface area contributed by atoms with Gasteiger partial charge in [-0.15, -0.1) is 11.8 Å². The number of ether oxygens (including phenoxy) is 1. The summed E-state index contributed by atoms with van der Waals surface area (Å²) in [6.45, 7) is 5.91. The van der Waals surface area contributed by atoms with Crippen molar-refractivity contribution < 1.29 is 14.3 Å². The summed E-state index contributed by atoms with van der Waals surface area (Å²) in [5.41, 5.74) is 3.94. The second kappa shape index (κ2) is 10.0. The first-order valence-corrected chi connectivity index (χ1v) is 9.92. The first-order valence-electron chi connectivity index (χ1n) is 8.77. The molecular formula is C21H26N2O3S. The number of carbonyl (C=O) groups is 2. The lowest BCUT2D eigenvalue weighted by Crippen LogP contribution is -2.29. The molecule has 0 aliphatic carbocycles. The predicted octanol–water partition coefficient (Wildman–Crippen LogP) is 3.86. The Hall–Kier alpha value is -2.47. The van der Waals surface area contributed by atoms with Gasteiger partial charge in [-0.3, -0.25) is 9.59 Å². The van der Waals surface area contributed by atoms with Crippen molar-refractivity contribution in [2.45, 2.75) is 26.8 Å². The average molecular weight is 387 g/mol. The highest BCUT2D eigenvalue weighted by molar-refractivity contribution is 8.00. The number of rotatable bonds is 8. The molecule has 0 saturated heterocycles. The monoisotopic (exact) mass is 386 g/mol. The van der Waals surface area contributed by atoms with Crippen molar-refractivity contribution in [3.8, 4) is 5.75 Å². The Labute approximate surface area is 164 Å². The summed E-state index contributed by atoms with van der Waals surface area (Å²) in [6.07, 6.45) is 0. The molecule has 0 spiro atoms. The SMILES string of the molecule is COc1ccc(C)cc1C(C)NC(=O)CSCC(=O)Nc1ccc(C)cc1.